The van der Waals surface area contributed by atoms with Crippen molar-refractivity contribution in [3.63, 3.8) is 0 Å². The molecule has 0 atom stereocenters. The third-order valence-corrected chi connectivity index (χ3v) is 2.24. The lowest BCUT2D eigenvalue weighted by Gasteiger charge is -2.24. The van der Waals surface area contributed by atoms with E-state index in [1.54, 1.807) is 23.1 Å². The van der Waals surface area contributed by atoms with Crippen molar-refractivity contribution in [2.75, 3.05) is 36.9 Å². The van der Waals surface area contributed by atoms with E-state index in [-0.39, 0.29) is 13.2 Å². The van der Waals surface area contributed by atoms with Crippen molar-refractivity contribution >= 4 is 11.4 Å². The summed E-state index contributed by atoms with van der Waals surface area (Å²) < 4.78 is 0. The van der Waals surface area contributed by atoms with Crippen molar-refractivity contribution < 1.29 is 10.2 Å². The van der Waals surface area contributed by atoms with Crippen LogP contribution in [0.1, 0.15) is 5.56 Å². The molecule has 0 saturated heterocycles. The summed E-state index contributed by atoms with van der Waals surface area (Å²) in [5.41, 5.74) is 7.49. The molecule has 1 aromatic carbocycles. The van der Waals surface area contributed by atoms with Gasteiger partial charge < -0.3 is 20.8 Å². The normalized spacial score (nSPS) is 9.81. The molecule has 0 amide bonds. The summed E-state index contributed by atoms with van der Waals surface area (Å²) in [6.45, 7) is 0.686. The third-order valence-electron chi connectivity index (χ3n) is 2.24. The molecule has 0 aliphatic carbocycles. The van der Waals surface area contributed by atoms with Crippen LogP contribution in [0.25, 0.3) is 0 Å². The van der Waals surface area contributed by atoms with Gasteiger partial charge in [-0.05, 0) is 18.2 Å². The van der Waals surface area contributed by atoms with Gasteiger partial charge in [-0.15, -0.1) is 0 Å². The fourth-order valence-corrected chi connectivity index (χ4v) is 1.48. The third kappa shape index (κ3) is 2.86. The largest absolute Gasteiger partial charge is 0.397 e. The average molecular weight is 221 g/mol. The molecule has 0 bridgehead atoms. The molecule has 0 fully saturated rings. The number of nitriles is 1. The summed E-state index contributed by atoms with van der Waals surface area (Å²) in [6, 6.07) is 6.96. The number of anilines is 2. The first-order valence-corrected chi connectivity index (χ1v) is 4.99. The number of nitrogens with zero attached hydrogens (tertiary/aromatic N) is 2. The van der Waals surface area contributed by atoms with E-state index in [2.05, 4.69) is 0 Å². The first kappa shape index (κ1) is 12.3. The number of aliphatic hydroxyl groups is 2. The second kappa shape index (κ2) is 5.95. The fraction of sp³-hybridized carbons (Fsp3) is 0.364. The van der Waals surface area contributed by atoms with Crippen molar-refractivity contribution in [1.82, 2.24) is 0 Å². The van der Waals surface area contributed by atoms with Gasteiger partial charge >= 0.3 is 0 Å². The van der Waals surface area contributed by atoms with E-state index in [9.17, 15) is 0 Å². The molecule has 0 radical (unpaired) electrons. The number of rotatable bonds is 5. The molecule has 0 spiro atoms. The fourth-order valence-electron chi connectivity index (χ4n) is 1.48. The van der Waals surface area contributed by atoms with Crippen LogP contribution in [0.4, 0.5) is 11.4 Å². The predicted octanol–water partition coefficient (Wildman–Crippen LogP) is -0.0685. The standard InChI is InChI=1S/C11H15N3O2/c12-8-9-1-2-10(13)11(7-9)14(3-5-15)4-6-16/h1-2,7,15-16H,3-6,13H2. The molecule has 4 N–H and O–H groups in total. The lowest BCUT2D eigenvalue weighted by Crippen LogP contribution is -2.30. The molecular formula is C11H15N3O2. The highest BCUT2D eigenvalue weighted by atomic mass is 16.3. The molecule has 1 rings (SSSR count). The Morgan fingerprint density at radius 2 is 1.88 bits per heavy atom. The molecule has 0 aliphatic rings. The molecule has 86 valence electrons. The van der Waals surface area contributed by atoms with Gasteiger partial charge in [0.25, 0.3) is 0 Å². The lowest BCUT2D eigenvalue weighted by atomic mass is 10.1. The summed E-state index contributed by atoms with van der Waals surface area (Å²) in [6.07, 6.45) is 0. The van der Waals surface area contributed by atoms with E-state index in [0.717, 1.165) is 0 Å². The Morgan fingerprint density at radius 3 is 2.38 bits per heavy atom. The van der Waals surface area contributed by atoms with E-state index in [1.807, 2.05) is 6.07 Å². The van der Waals surface area contributed by atoms with Crippen LogP contribution in [0.5, 0.6) is 0 Å². The van der Waals surface area contributed by atoms with Crippen LogP contribution in [0.3, 0.4) is 0 Å². The maximum absolute atomic E-state index is 8.91. The van der Waals surface area contributed by atoms with E-state index in [0.29, 0.717) is 30.0 Å². The zero-order chi connectivity index (χ0) is 12.0. The van der Waals surface area contributed by atoms with Crippen LogP contribution >= 0.6 is 0 Å². The smallest absolute Gasteiger partial charge is 0.0992 e. The summed E-state index contributed by atoms with van der Waals surface area (Å²) in [5.74, 6) is 0. The van der Waals surface area contributed by atoms with Crippen molar-refractivity contribution in [2.24, 2.45) is 0 Å². The van der Waals surface area contributed by atoms with Gasteiger partial charge in [0.1, 0.15) is 0 Å². The highest BCUT2D eigenvalue weighted by Crippen LogP contribution is 2.23. The van der Waals surface area contributed by atoms with Gasteiger partial charge in [0.05, 0.1) is 36.2 Å². The summed E-state index contributed by atoms with van der Waals surface area (Å²) >= 11 is 0. The minimum Gasteiger partial charge on any atom is -0.397 e. The van der Waals surface area contributed by atoms with Crippen molar-refractivity contribution in [3.8, 4) is 6.07 Å². The minimum atomic E-state index is -0.0315. The van der Waals surface area contributed by atoms with Crippen LogP contribution in [-0.2, 0) is 0 Å². The number of hydrogen-bond acceptors (Lipinski definition) is 5. The topological polar surface area (TPSA) is 93.5 Å². The molecular weight excluding hydrogens is 206 g/mol. The first-order valence-electron chi connectivity index (χ1n) is 4.99. The second-order valence-corrected chi connectivity index (χ2v) is 3.32. The van der Waals surface area contributed by atoms with Gasteiger partial charge in [-0.1, -0.05) is 0 Å². The number of hydrogen-bond donors (Lipinski definition) is 3. The Morgan fingerprint density at radius 1 is 1.25 bits per heavy atom. The first-order chi connectivity index (χ1) is 7.72. The van der Waals surface area contributed by atoms with Crippen LogP contribution < -0.4 is 10.6 Å². The van der Waals surface area contributed by atoms with Crippen molar-refractivity contribution in [2.45, 2.75) is 0 Å². The van der Waals surface area contributed by atoms with E-state index in [4.69, 9.17) is 21.2 Å². The molecule has 5 heteroatoms. The van der Waals surface area contributed by atoms with Crippen molar-refractivity contribution in [1.29, 1.82) is 5.26 Å². The molecule has 0 heterocycles. The number of aliphatic hydroxyl groups excluding tert-OH is 2. The van der Waals surface area contributed by atoms with Gasteiger partial charge in [-0.3, -0.25) is 0 Å². The quantitative estimate of drug-likeness (QED) is 0.605. The molecule has 0 aromatic heterocycles. The van der Waals surface area contributed by atoms with Gasteiger partial charge in [0, 0.05) is 13.1 Å². The van der Waals surface area contributed by atoms with E-state index < -0.39 is 0 Å². The highest BCUT2D eigenvalue weighted by Gasteiger charge is 2.09. The van der Waals surface area contributed by atoms with Gasteiger partial charge in [-0.25, -0.2) is 0 Å². The molecule has 0 unspecified atom stereocenters. The molecule has 0 saturated carbocycles. The SMILES string of the molecule is N#Cc1ccc(N)c(N(CCO)CCO)c1. The van der Waals surface area contributed by atoms with Crippen LogP contribution in [0.15, 0.2) is 18.2 Å². The summed E-state index contributed by atoms with van der Waals surface area (Å²) in [4.78, 5) is 1.75. The van der Waals surface area contributed by atoms with E-state index in [1.165, 1.54) is 0 Å². The second-order valence-electron chi connectivity index (χ2n) is 3.32. The zero-order valence-corrected chi connectivity index (χ0v) is 8.93. The number of nitrogens with two attached hydrogens (primary N) is 1. The minimum absolute atomic E-state index is 0.0315. The lowest BCUT2D eigenvalue weighted by molar-refractivity contribution is 0.281. The average Bonchev–Trinajstić information content (AvgIpc) is 2.29. The Bertz CT molecular complexity index is 381. The Hall–Kier alpha value is -1.77. The van der Waals surface area contributed by atoms with Crippen LogP contribution in [0, 0.1) is 11.3 Å². The maximum atomic E-state index is 8.91. The van der Waals surface area contributed by atoms with Gasteiger partial charge in [-0.2, -0.15) is 5.26 Å². The zero-order valence-electron chi connectivity index (χ0n) is 8.93. The van der Waals surface area contributed by atoms with Crippen LogP contribution in [0.2, 0.25) is 0 Å². The predicted molar refractivity (Wildman–Crippen MR) is 62.0 cm³/mol. The maximum Gasteiger partial charge on any atom is 0.0992 e. The Labute approximate surface area is 94.3 Å². The Balaban J connectivity index is 3.02. The number of benzene rings is 1. The summed E-state index contributed by atoms with van der Waals surface area (Å²) in [7, 11) is 0. The van der Waals surface area contributed by atoms with Crippen LogP contribution in [-0.4, -0.2) is 36.5 Å². The number of nitrogen functional groups attached to an aromatic ring is 1. The summed E-state index contributed by atoms with van der Waals surface area (Å²) in [5, 5.41) is 26.6. The highest BCUT2D eigenvalue weighted by molar-refractivity contribution is 5.69. The molecule has 1 aromatic rings. The monoisotopic (exact) mass is 221 g/mol. The van der Waals surface area contributed by atoms with Gasteiger partial charge in [0.15, 0.2) is 0 Å². The van der Waals surface area contributed by atoms with E-state index >= 15 is 0 Å². The Kier molecular flexibility index (Phi) is 4.58. The van der Waals surface area contributed by atoms with Gasteiger partial charge in [0.2, 0.25) is 0 Å². The molecule has 16 heavy (non-hydrogen) atoms. The molecule has 5 nitrogen and oxygen atoms in total. The molecule has 0 aliphatic heterocycles. The van der Waals surface area contributed by atoms with Crippen molar-refractivity contribution in [3.05, 3.63) is 23.8 Å².